The third-order valence-corrected chi connectivity index (χ3v) is 7.40. The number of carbonyl (C=O) groups excluding carboxylic acids is 1. The number of aryl methyl sites for hydroxylation is 2. The van der Waals surface area contributed by atoms with Crippen LogP contribution in [0.2, 0.25) is 0 Å². The van der Waals surface area contributed by atoms with Gasteiger partial charge in [-0.25, -0.2) is 4.98 Å². The molecule has 1 aromatic carbocycles. The minimum absolute atomic E-state index is 0.241. The molecule has 0 unspecified atom stereocenters. The number of nitrogens with zero attached hydrogens (tertiary/aromatic N) is 4. The molecule has 7 heteroatoms. The van der Waals surface area contributed by atoms with Gasteiger partial charge in [-0.1, -0.05) is 18.2 Å². The molecule has 31 heavy (non-hydrogen) atoms. The molecule has 168 valence electrons. The molecule has 0 saturated carbocycles. The molecule has 0 N–H and O–H groups in total. The molecule has 0 spiro atoms. The van der Waals surface area contributed by atoms with E-state index in [0.717, 1.165) is 60.3 Å². The molecule has 2 aliphatic heterocycles. The molecule has 2 aliphatic rings. The monoisotopic (exact) mass is 442 g/mol. The van der Waals surface area contributed by atoms with E-state index < -0.39 is 0 Å². The number of hydrogen-bond donors (Lipinski definition) is 0. The van der Waals surface area contributed by atoms with E-state index in [1.54, 1.807) is 11.3 Å². The Morgan fingerprint density at radius 3 is 2.81 bits per heavy atom. The van der Waals surface area contributed by atoms with Gasteiger partial charge in [-0.05, 0) is 46.9 Å². The lowest BCUT2D eigenvalue weighted by atomic mass is 10.1. The van der Waals surface area contributed by atoms with Crippen LogP contribution in [0.5, 0.6) is 5.75 Å². The first-order valence-electron chi connectivity index (χ1n) is 11.2. The topological polar surface area (TPSA) is 48.9 Å². The molecule has 1 amide bonds. The fourth-order valence-electron chi connectivity index (χ4n) is 4.82. The minimum atomic E-state index is 0.241. The number of amides is 1. The van der Waals surface area contributed by atoms with Crippen molar-refractivity contribution in [1.29, 1.82) is 0 Å². The lowest BCUT2D eigenvalue weighted by Gasteiger charge is -2.35. The van der Waals surface area contributed by atoms with Gasteiger partial charge < -0.3 is 14.5 Å². The number of hydrogen-bond acceptors (Lipinski definition) is 6. The maximum Gasteiger partial charge on any atom is 0.228 e. The van der Waals surface area contributed by atoms with Crippen molar-refractivity contribution in [2.45, 2.75) is 51.7 Å². The highest BCUT2D eigenvalue weighted by Gasteiger charge is 2.34. The molecule has 4 rings (SSSR count). The van der Waals surface area contributed by atoms with Gasteiger partial charge >= 0.3 is 0 Å². The number of fused-ring (bicyclic) bond motifs is 1. The summed E-state index contributed by atoms with van der Waals surface area (Å²) in [5.41, 5.74) is 2.23. The highest BCUT2D eigenvalue weighted by molar-refractivity contribution is 7.11. The van der Waals surface area contributed by atoms with Crippen molar-refractivity contribution in [2.24, 2.45) is 0 Å². The Morgan fingerprint density at radius 2 is 2.06 bits per heavy atom. The van der Waals surface area contributed by atoms with Crippen molar-refractivity contribution in [3.05, 3.63) is 45.4 Å². The van der Waals surface area contributed by atoms with Crippen LogP contribution >= 0.6 is 11.3 Å². The van der Waals surface area contributed by atoms with Gasteiger partial charge in [-0.2, -0.15) is 0 Å². The van der Waals surface area contributed by atoms with Crippen LogP contribution in [0.15, 0.2) is 24.3 Å². The number of aromatic nitrogens is 1. The predicted octanol–water partition coefficient (Wildman–Crippen LogP) is 3.12. The second kappa shape index (κ2) is 9.67. The summed E-state index contributed by atoms with van der Waals surface area (Å²) in [4.78, 5) is 25.7. The summed E-state index contributed by atoms with van der Waals surface area (Å²) in [6.07, 6.45) is 2.62. The number of carbonyl (C=O) groups is 1. The summed E-state index contributed by atoms with van der Waals surface area (Å²) in [5, 5.41) is 1.04. The van der Waals surface area contributed by atoms with Crippen LogP contribution < -0.4 is 4.74 Å². The van der Waals surface area contributed by atoms with E-state index in [2.05, 4.69) is 52.0 Å². The van der Waals surface area contributed by atoms with Crippen LogP contribution in [0.4, 0.5) is 0 Å². The minimum Gasteiger partial charge on any atom is -0.492 e. The maximum atomic E-state index is 13.2. The number of ether oxygens (including phenoxy) is 1. The van der Waals surface area contributed by atoms with Crippen LogP contribution in [-0.4, -0.2) is 78.0 Å². The van der Waals surface area contributed by atoms with Crippen LogP contribution in [0.1, 0.15) is 34.0 Å². The Hall–Kier alpha value is -1.96. The molecule has 0 radical (unpaired) electrons. The van der Waals surface area contributed by atoms with Crippen molar-refractivity contribution in [2.75, 3.05) is 40.3 Å². The largest absolute Gasteiger partial charge is 0.492 e. The summed E-state index contributed by atoms with van der Waals surface area (Å²) < 4.78 is 6.17. The van der Waals surface area contributed by atoms with Crippen molar-refractivity contribution in [1.82, 2.24) is 19.7 Å². The molecule has 6 nitrogen and oxygen atoms in total. The van der Waals surface area contributed by atoms with E-state index in [4.69, 9.17) is 4.74 Å². The Morgan fingerprint density at radius 1 is 1.26 bits per heavy atom. The number of benzene rings is 1. The number of thiazole rings is 1. The Labute approximate surface area is 189 Å². The summed E-state index contributed by atoms with van der Waals surface area (Å²) in [6.45, 7) is 8.24. The third-order valence-electron chi connectivity index (χ3n) is 6.32. The van der Waals surface area contributed by atoms with Gasteiger partial charge in [-0.15, -0.1) is 11.3 Å². The molecule has 0 aliphatic carbocycles. The van der Waals surface area contributed by atoms with Crippen LogP contribution in [0.3, 0.4) is 0 Å². The summed E-state index contributed by atoms with van der Waals surface area (Å²) in [5.74, 6) is 1.23. The molecular formula is C24H34N4O2S. The van der Waals surface area contributed by atoms with Gasteiger partial charge in [0, 0.05) is 42.7 Å². The molecule has 2 atom stereocenters. The summed E-state index contributed by atoms with van der Waals surface area (Å²) in [7, 11) is 4.22. The van der Waals surface area contributed by atoms with Crippen molar-refractivity contribution in [3.8, 4) is 5.75 Å². The molecule has 3 heterocycles. The van der Waals surface area contributed by atoms with E-state index in [1.165, 1.54) is 5.56 Å². The molecule has 1 aromatic heterocycles. The van der Waals surface area contributed by atoms with Crippen LogP contribution in [0, 0.1) is 13.8 Å². The highest BCUT2D eigenvalue weighted by Crippen LogP contribution is 2.28. The smallest absolute Gasteiger partial charge is 0.228 e. The Balaban J connectivity index is 1.49. The number of rotatable bonds is 6. The van der Waals surface area contributed by atoms with E-state index in [0.29, 0.717) is 19.1 Å². The van der Waals surface area contributed by atoms with Gasteiger partial charge in [-0.3, -0.25) is 9.69 Å². The van der Waals surface area contributed by atoms with Gasteiger partial charge in [0.1, 0.15) is 12.4 Å². The zero-order valence-corrected chi connectivity index (χ0v) is 20.0. The van der Waals surface area contributed by atoms with E-state index in [1.807, 2.05) is 19.9 Å². The predicted molar refractivity (Wildman–Crippen MR) is 125 cm³/mol. The zero-order valence-electron chi connectivity index (χ0n) is 19.1. The number of likely N-dealkylation sites (N-methyl/N-ethyl adjacent to an activating group) is 1. The SMILES string of the molecule is Cc1nc(C)c(CC(=O)N2CCC[C@@H]2CN2Cc3ccccc3OC[C@H]2CN(C)C)s1. The molecule has 1 saturated heterocycles. The molecular weight excluding hydrogens is 408 g/mol. The first-order chi connectivity index (χ1) is 14.9. The van der Waals surface area contributed by atoms with Gasteiger partial charge in [0.15, 0.2) is 0 Å². The highest BCUT2D eigenvalue weighted by atomic mass is 32.1. The maximum absolute atomic E-state index is 13.2. The first kappa shape index (κ1) is 22.2. The van der Waals surface area contributed by atoms with Crippen LogP contribution in [-0.2, 0) is 17.8 Å². The fourth-order valence-corrected chi connectivity index (χ4v) is 5.75. The standard InChI is InChI=1S/C24H34N4O2S/c1-17-23(31-18(2)25-17)12-24(29)28-11-7-9-20(28)15-27-13-19-8-5-6-10-22(19)30-16-21(27)14-26(3)4/h5-6,8,10,20-21H,7,9,11-16H2,1-4H3/t20-,21-/m1/s1. The average Bonchev–Trinajstić information content (AvgIpc) is 3.26. The summed E-state index contributed by atoms with van der Waals surface area (Å²) >= 11 is 1.65. The Kier molecular flexibility index (Phi) is 6.94. The van der Waals surface area contributed by atoms with Crippen LogP contribution in [0.25, 0.3) is 0 Å². The first-order valence-corrected chi connectivity index (χ1v) is 12.0. The third kappa shape index (κ3) is 5.27. The van der Waals surface area contributed by atoms with Crippen molar-refractivity contribution < 1.29 is 9.53 Å². The zero-order chi connectivity index (χ0) is 22.0. The molecule has 1 fully saturated rings. The fraction of sp³-hybridized carbons (Fsp3) is 0.583. The quantitative estimate of drug-likeness (QED) is 0.688. The van der Waals surface area contributed by atoms with Gasteiger partial charge in [0.25, 0.3) is 0 Å². The number of likely N-dealkylation sites (tertiary alicyclic amines) is 1. The summed E-state index contributed by atoms with van der Waals surface area (Å²) in [6, 6.07) is 8.90. The molecule has 2 aromatic rings. The van der Waals surface area contributed by atoms with Gasteiger partial charge in [0.05, 0.1) is 23.2 Å². The average molecular weight is 443 g/mol. The normalized spacial score (nSPS) is 21.8. The van der Waals surface area contributed by atoms with Crippen molar-refractivity contribution >= 4 is 17.2 Å². The van der Waals surface area contributed by atoms with E-state index in [-0.39, 0.29) is 11.9 Å². The van der Waals surface area contributed by atoms with Crippen molar-refractivity contribution in [3.63, 3.8) is 0 Å². The number of para-hydroxylation sites is 1. The second-order valence-corrected chi connectivity index (χ2v) is 10.4. The second-order valence-electron chi connectivity index (χ2n) is 9.07. The molecule has 0 bridgehead atoms. The van der Waals surface area contributed by atoms with Gasteiger partial charge in [0.2, 0.25) is 5.91 Å². The Bertz CT molecular complexity index is 913. The lowest BCUT2D eigenvalue weighted by molar-refractivity contribution is -0.131. The van der Waals surface area contributed by atoms with E-state index in [9.17, 15) is 4.79 Å². The van der Waals surface area contributed by atoms with E-state index >= 15 is 0 Å². The lowest BCUT2D eigenvalue weighted by Crippen LogP contribution is -2.50.